The van der Waals surface area contributed by atoms with Crippen molar-refractivity contribution >= 4 is 0 Å². The van der Waals surface area contributed by atoms with Gasteiger partial charge in [-0.15, -0.1) is 0 Å². The molecule has 0 spiro atoms. The van der Waals surface area contributed by atoms with Gasteiger partial charge in [0, 0.05) is 0 Å². The Hall–Kier alpha value is -0.0800. The summed E-state index contributed by atoms with van der Waals surface area (Å²) in [6, 6.07) is 0. The van der Waals surface area contributed by atoms with Crippen LogP contribution in [0.2, 0.25) is 0 Å². The highest BCUT2D eigenvalue weighted by molar-refractivity contribution is 4.90. The first-order valence-electron chi connectivity index (χ1n) is 3.95. The van der Waals surface area contributed by atoms with E-state index in [1.165, 1.54) is 0 Å². The van der Waals surface area contributed by atoms with E-state index in [1.807, 2.05) is 6.92 Å². The van der Waals surface area contributed by atoms with Crippen molar-refractivity contribution < 1.29 is 10.2 Å². The Morgan fingerprint density at radius 1 is 1.40 bits per heavy atom. The van der Waals surface area contributed by atoms with Crippen molar-refractivity contribution in [3.63, 3.8) is 0 Å². The lowest BCUT2D eigenvalue weighted by Gasteiger charge is -2.39. The van der Waals surface area contributed by atoms with Crippen LogP contribution in [0.3, 0.4) is 0 Å². The maximum Gasteiger partial charge on any atom is 0.0902 e. The van der Waals surface area contributed by atoms with E-state index < -0.39 is 11.7 Å². The molecule has 2 nitrogen and oxygen atoms in total. The van der Waals surface area contributed by atoms with Crippen LogP contribution >= 0.6 is 0 Å². The highest BCUT2D eigenvalue weighted by atomic mass is 16.3. The predicted molar refractivity (Wildman–Crippen MR) is 39.6 cm³/mol. The van der Waals surface area contributed by atoms with Crippen LogP contribution in [0.25, 0.3) is 0 Å². The zero-order chi connectivity index (χ0) is 7.78. The summed E-state index contributed by atoms with van der Waals surface area (Å²) in [7, 11) is 0. The van der Waals surface area contributed by atoms with Gasteiger partial charge in [0.15, 0.2) is 0 Å². The molecule has 0 aromatic rings. The van der Waals surface area contributed by atoms with E-state index in [0.717, 1.165) is 19.3 Å². The smallest absolute Gasteiger partial charge is 0.0902 e. The molecule has 2 heteroatoms. The summed E-state index contributed by atoms with van der Waals surface area (Å²) in [4.78, 5) is 0. The summed E-state index contributed by atoms with van der Waals surface area (Å²) in [6.07, 6.45) is 2.30. The monoisotopic (exact) mass is 144 g/mol. The van der Waals surface area contributed by atoms with Crippen LogP contribution in [0.4, 0.5) is 0 Å². The van der Waals surface area contributed by atoms with Crippen molar-refractivity contribution in [1.29, 1.82) is 0 Å². The number of aliphatic hydroxyl groups excluding tert-OH is 1. The fourth-order valence-electron chi connectivity index (χ4n) is 1.53. The molecule has 1 aliphatic rings. The van der Waals surface area contributed by atoms with Gasteiger partial charge in [-0.25, -0.2) is 0 Å². The van der Waals surface area contributed by atoms with E-state index in [4.69, 9.17) is 0 Å². The molecule has 60 valence electrons. The largest absolute Gasteiger partial charge is 0.390 e. The third-order valence-electron chi connectivity index (χ3n) is 2.79. The average Bonchev–Trinajstić information content (AvgIpc) is 1.84. The normalized spacial score (nSPS) is 49.2. The van der Waals surface area contributed by atoms with Gasteiger partial charge in [-0.1, -0.05) is 13.3 Å². The Bertz CT molecular complexity index is 108. The van der Waals surface area contributed by atoms with Crippen LogP contribution in [0, 0.1) is 5.92 Å². The fourth-order valence-corrected chi connectivity index (χ4v) is 1.53. The van der Waals surface area contributed by atoms with Gasteiger partial charge in [0.2, 0.25) is 0 Å². The SMILES string of the molecule is CC1CCC[C@@H](O)[C@@]1(C)O. The van der Waals surface area contributed by atoms with E-state index >= 15 is 0 Å². The first-order valence-corrected chi connectivity index (χ1v) is 3.95. The molecule has 1 fully saturated rings. The first-order chi connectivity index (χ1) is 4.55. The molecule has 0 aromatic heterocycles. The molecule has 1 rings (SSSR count). The van der Waals surface area contributed by atoms with Gasteiger partial charge in [-0.3, -0.25) is 0 Å². The van der Waals surface area contributed by atoms with Gasteiger partial charge in [0.05, 0.1) is 11.7 Å². The van der Waals surface area contributed by atoms with Crippen molar-refractivity contribution in [3.8, 4) is 0 Å². The highest BCUT2D eigenvalue weighted by Crippen LogP contribution is 2.32. The van der Waals surface area contributed by atoms with Gasteiger partial charge in [0.1, 0.15) is 0 Å². The highest BCUT2D eigenvalue weighted by Gasteiger charge is 2.38. The maximum atomic E-state index is 9.66. The number of hydrogen-bond acceptors (Lipinski definition) is 2. The van der Waals surface area contributed by atoms with Crippen molar-refractivity contribution in [2.24, 2.45) is 5.92 Å². The Kier molecular flexibility index (Phi) is 2.02. The van der Waals surface area contributed by atoms with Crippen molar-refractivity contribution in [1.82, 2.24) is 0 Å². The molecule has 0 amide bonds. The second-order valence-corrected chi connectivity index (χ2v) is 3.57. The summed E-state index contributed by atoms with van der Waals surface area (Å²) in [6.45, 7) is 3.71. The second kappa shape index (κ2) is 2.51. The zero-order valence-corrected chi connectivity index (χ0v) is 6.67. The quantitative estimate of drug-likeness (QED) is 0.530. The molecule has 1 saturated carbocycles. The molecule has 2 N–H and O–H groups in total. The number of hydrogen-bond donors (Lipinski definition) is 2. The van der Waals surface area contributed by atoms with Gasteiger partial charge >= 0.3 is 0 Å². The van der Waals surface area contributed by atoms with Gasteiger partial charge in [-0.05, 0) is 25.7 Å². The van der Waals surface area contributed by atoms with E-state index in [0.29, 0.717) is 0 Å². The third-order valence-corrected chi connectivity index (χ3v) is 2.79. The molecular formula is C8H16O2. The minimum Gasteiger partial charge on any atom is -0.390 e. The van der Waals surface area contributed by atoms with Crippen molar-refractivity contribution in [2.45, 2.75) is 44.8 Å². The fraction of sp³-hybridized carbons (Fsp3) is 1.00. The molecule has 0 aromatic carbocycles. The lowest BCUT2D eigenvalue weighted by atomic mass is 9.76. The number of rotatable bonds is 0. The molecule has 0 radical (unpaired) electrons. The molecule has 0 bridgehead atoms. The number of aliphatic hydroxyl groups is 2. The van der Waals surface area contributed by atoms with E-state index in [-0.39, 0.29) is 5.92 Å². The lowest BCUT2D eigenvalue weighted by molar-refractivity contribution is -0.118. The molecule has 0 aliphatic heterocycles. The summed E-state index contributed by atoms with van der Waals surface area (Å²) >= 11 is 0. The Morgan fingerprint density at radius 2 is 2.00 bits per heavy atom. The van der Waals surface area contributed by atoms with Crippen LogP contribution in [-0.4, -0.2) is 21.9 Å². The van der Waals surface area contributed by atoms with Crippen LogP contribution in [-0.2, 0) is 0 Å². The van der Waals surface area contributed by atoms with Gasteiger partial charge in [-0.2, -0.15) is 0 Å². The topological polar surface area (TPSA) is 40.5 Å². The summed E-state index contributed by atoms with van der Waals surface area (Å²) in [5, 5.41) is 19.0. The second-order valence-electron chi connectivity index (χ2n) is 3.57. The van der Waals surface area contributed by atoms with Crippen molar-refractivity contribution in [3.05, 3.63) is 0 Å². The molecule has 1 aliphatic carbocycles. The van der Waals surface area contributed by atoms with Crippen LogP contribution in [0.1, 0.15) is 33.1 Å². The van der Waals surface area contributed by atoms with E-state index in [2.05, 4.69) is 0 Å². The molecule has 3 atom stereocenters. The van der Waals surface area contributed by atoms with Gasteiger partial charge in [0.25, 0.3) is 0 Å². The summed E-state index contributed by atoms with van der Waals surface area (Å²) in [5.74, 6) is 0.233. The maximum absolute atomic E-state index is 9.66. The minimum atomic E-state index is -0.849. The van der Waals surface area contributed by atoms with Crippen LogP contribution < -0.4 is 0 Å². The molecular weight excluding hydrogens is 128 g/mol. The zero-order valence-electron chi connectivity index (χ0n) is 6.67. The van der Waals surface area contributed by atoms with E-state index in [9.17, 15) is 10.2 Å². The molecule has 0 saturated heterocycles. The van der Waals surface area contributed by atoms with E-state index in [1.54, 1.807) is 6.92 Å². The third kappa shape index (κ3) is 1.18. The summed E-state index contributed by atoms with van der Waals surface area (Å²) < 4.78 is 0. The molecule has 0 heterocycles. The first kappa shape index (κ1) is 8.02. The molecule has 1 unspecified atom stereocenters. The average molecular weight is 144 g/mol. The Morgan fingerprint density at radius 3 is 2.40 bits per heavy atom. The minimum absolute atomic E-state index is 0.233. The van der Waals surface area contributed by atoms with Crippen LogP contribution in [0.15, 0.2) is 0 Å². The van der Waals surface area contributed by atoms with Crippen molar-refractivity contribution in [2.75, 3.05) is 0 Å². The van der Waals surface area contributed by atoms with Gasteiger partial charge < -0.3 is 10.2 Å². The predicted octanol–water partition coefficient (Wildman–Crippen LogP) is 0.918. The standard InChI is InChI=1S/C8H16O2/c1-6-4-3-5-7(9)8(6,2)10/h6-7,9-10H,3-5H2,1-2H3/t6?,7-,8+/m1/s1. The molecule has 10 heavy (non-hydrogen) atoms. The Balaban J connectivity index is 2.63. The van der Waals surface area contributed by atoms with Crippen LogP contribution in [0.5, 0.6) is 0 Å². The Labute approximate surface area is 61.9 Å². The summed E-state index contributed by atoms with van der Waals surface area (Å²) in [5.41, 5.74) is -0.849. The lowest BCUT2D eigenvalue weighted by Crippen LogP contribution is -2.47.